The number of aromatic nitrogens is 2. The molecule has 2 atom stereocenters. The third kappa shape index (κ3) is 3.28. The molecule has 2 aromatic rings. The molecule has 0 radical (unpaired) electrons. The zero-order chi connectivity index (χ0) is 14.5. The summed E-state index contributed by atoms with van der Waals surface area (Å²) in [5.74, 6) is 0.178. The molecule has 0 saturated carbocycles. The molecule has 0 amide bonds. The predicted octanol–water partition coefficient (Wildman–Crippen LogP) is 3.31. The minimum Gasteiger partial charge on any atom is -0.392 e. The quantitative estimate of drug-likeness (QED) is 0.876. The first-order valence-electron chi connectivity index (χ1n) is 7.42. The first-order valence-corrected chi connectivity index (χ1v) is 7.42. The molecule has 3 nitrogen and oxygen atoms in total. The van der Waals surface area contributed by atoms with Gasteiger partial charge in [0, 0.05) is 24.6 Å². The van der Waals surface area contributed by atoms with Gasteiger partial charge in [0.15, 0.2) is 0 Å². The van der Waals surface area contributed by atoms with E-state index in [4.69, 9.17) is 0 Å². The molecule has 2 rings (SSSR count). The van der Waals surface area contributed by atoms with E-state index in [1.165, 1.54) is 5.56 Å². The minimum atomic E-state index is -0.371. The van der Waals surface area contributed by atoms with Gasteiger partial charge < -0.3 is 5.11 Å². The summed E-state index contributed by atoms with van der Waals surface area (Å²) < 4.78 is 1.98. The molecule has 0 aliphatic heterocycles. The molecule has 20 heavy (non-hydrogen) atoms. The Bertz CT molecular complexity index is 533. The molecule has 0 saturated heterocycles. The molecule has 0 spiro atoms. The van der Waals surface area contributed by atoms with Gasteiger partial charge in [-0.2, -0.15) is 5.10 Å². The number of hydrogen-bond donors (Lipinski definition) is 1. The van der Waals surface area contributed by atoms with Gasteiger partial charge in [-0.3, -0.25) is 4.68 Å². The lowest BCUT2D eigenvalue weighted by molar-refractivity contribution is 0.138. The molecule has 0 aliphatic rings. The van der Waals surface area contributed by atoms with Gasteiger partial charge in [0.05, 0.1) is 11.8 Å². The zero-order valence-electron chi connectivity index (χ0n) is 12.6. The number of aliphatic hydroxyl groups excluding tert-OH is 1. The zero-order valence-corrected chi connectivity index (χ0v) is 12.6. The summed E-state index contributed by atoms with van der Waals surface area (Å²) in [6, 6.07) is 12.3. The highest BCUT2D eigenvalue weighted by Crippen LogP contribution is 2.25. The van der Waals surface area contributed by atoms with Crippen LogP contribution in [0.3, 0.4) is 0 Å². The van der Waals surface area contributed by atoms with Crippen LogP contribution in [0.25, 0.3) is 0 Å². The highest BCUT2D eigenvalue weighted by Gasteiger charge is 2.21. The van der Waals surface area contributed by atoms with Gasteiger partial charge >= 0.3 is 0 Å². The molecule has 0 bridgehead atoms. The van der Waals surface area contributed by atoms with Crippen molar-refractivity contribution in [2.24, 2.45) is 0 Å². The van der Waals surface area contributed by atoms with Crippen molar-refractivity contribution in [3.63, 3.8) is 0 Å². The minimum absolute atomic E-state index is 0.178. The van der Waals surface area contributed by atoms with Crippen LogP contribution in [0.15, 0.2) is 36.4 Å². The number of aliphatic hydroxyl groups is 1. The van der Waals surface area contributed by atoms with Crippen molar-refractivity contribution in [2.75, 3.05) is 0 Å². The molecular formula is C17H24N2O. The van der Waals surface area contributed by atoms with Crippen LogP contribution in [0.1, 0.15) is 43.1 Å². The molecule has 3 heteroatoms. The van der Waals surface area contributed by atoms with Crippen molar-refractivity contribution in [3.8, 4) is 0 Å². The average Bonchev–Trinajstić information content (AvgIpc) is 2.80. The highest BCUT2D eigenvalue weighted by atomic mass is 16.3. The van der Waals surface area contributed by atoms with Crippen LogP contribution in [0.5, 0.6) is 0 Å². The lowest BCUT2D eigenvalue weighted by Gasteiger charge is -2.22. The van der Waals surface area contributed by atoms with Crippen molar-refractivity contribution in [3.05, 3.63) is 53.3 Å². The van der Waals surface area contributed by atoms with E-state index in [1.54, 1.807) is 0 Å². The Balaban J connectivity index is 2.15. The highest BCUT2D eigenvalue weighted by molar-refractivity contribution is 5.21. The number of aryl methyl sites for hydroxylation is 2. The second-order valence-electron chi connectivity index (χ2n) is 5.29. The van der Waals surface area contributed by atoms with Gasteiger partial charge in [-0.25, -0.2) is 0 Å². The van der Waals surface area contributed by atoms with E-state index < -0.39 is 0 Å². The molecule has 2 unspecified atom stereocenters. The van der Waals surface area contributed by atoms with Gasteiger partial charge in [-0.1, -0.05) is 37.3 Å². The second-order valence-corrected chi connectivity index (χ2v) is 5.29. The molecule has 1 aromatic carbocycles. The largest absolute Gasteiger partial charge is 0.392 e. The van der Waals surface area contributed by atoms with Gasteiger partial charge in [0.1, 0.15) is 0 Å². The van der Waals surface area contributed by atoms with Crippen LogP contribution in [-0.2, 0) is 13.0 Å². The molecule has 1 heterocycles. The molecule has 0 fully saturated rings. The normalized spacial score (nSPS) is 14.2. The monoisotopic (exact) mass is 272 g/mol. The van der Waals surface area contributed by atoms with Gasteiger partial charge in [0.25, 0.3) is 0 Å². The fraction of sp³-hybridized carbons (Fsp3) is 0.471. The average molecular weight is 272 g/mol. The maximum atomic E-state index is 10.6. The van der Waals surface area contributed by atoms with Crippen LogP contribution in [0.4, 0.5) is 0 Å². The predicted molar refractivity (Wildman–Crippen MR) is 81.8 cm³/mol. The number of hydrogen-bond acceptors (Lipinski definition) is 2. The Morgan fingerprint density at radius 1 is 1.20 bits per heavy atom. The Hall–Kier alpha value is -1.61. The number of benzene rings is 1. The fourth-order valence-electron chi connectivity index (χ4n) is 2.82. The van der Waals surface area contributed by atoms with E-state index in [0.717, 1.165) is 24.4 Å². The van der Waals surface area contributed by atoms with Crippen molar-refractivity contribution < 1.29 is 5.11 Å². The Morgan fingerprint density at radius 2 is 1.90 bits per heavy atom. The summed E-state index contributed by atoms with van der Waals surface area (Å²) in [7, 11) is 0. The maximum Gasteiger partial charge on any atom is 0.0663 e. The lowest BCUT2D eigenvalue weighted by Crippen LogP contribution is -2.22. The number of nitrogens with zero attached hydrogens (tertiary/aromatic N) is 2. The van der Waals surface area contributed by atoms with E-state index in [1.807, 2.05) is 29.8 Å². The molecular weight excluding hydrogens is 248 g/mol. The maximum absolute atomic E-state index is 10.6. The van der Waals surface area contributed by atoms with Gasteiger partial charge in [-0.15, -0.1) is 0 Å². The van der Waals surface area contributed by atoms with Crippen molar-refractivity contribution >= 4 is 0 Å². The van der Waals surface area contributed by atoms with Crippen LogP contribution < -0.4 is 0 Å². The summed E-state index contributed by atoms with van der Waals surface area (Å²) in [5.41, 5.74) is 3.34. The number of rotatable bonds is 6. The summed E-state index contributed by atoms with van der Waals surface area (Å²) in [4.78, 5) is 0. The Kier molecular flexibility index (Phi) is 4.96. The van der Waals surface area contributed by atoms with E-state index in [-0.39, 0.29) is 12.0 Å². The fourth-order valence-corrected chi connectivity index (χ4v) is 2.82. The van der Waals surface area contributed by atoms with Gasteiger partial charge in [-0.05, 0) is 31.9 Å². The Labute approximate surface area is 121 Å². The van der Waals surface area contributed by atoms with Gasteiger partial charge in [0.2, 0.25) is 0 Å². The van der Waals surface area contributed by atoms with Crippen LogP contribution in [0.2, 0.25) is 0 Å². The van der Waals surface area contributed by atoms with E-state index in [9.17, 15) is 5.11 Å². The summed E-state index contributed by atoms with van der Waals surface area (Å²) in [6.07, 6.45) is 1.22. The van der Waals surface area contributed by atoms with Crippen molar-refractivity contribution in [2.45, 2.75) is 52.2 Å². The second kappa shape index (κ2) is 6.71. The SMILES string of the molecule is CCC(c1ccccc1)C(O)Cc1cc(C)nn1CC. The smallest absolute Gasteiger partial charge is 0.0663 e. The van der Waals surface area contributed by atoms with E-state index >= 15 is 0 Å². The molecule has 108 valence electrons. The van der Waals surface area contributed by atoms with Crippen molar-refractivity contribution in [1.82, 2.24) is 9.78 Å². The molecule has 0 aliphatic carbocycles. The van der Waals surface area contributed by atoms with Crippen molar-refractivity contribution in [1.29, 1.82) is 0 Å². The standard InChI is InChI=1S/C17H24N2O/c1-4-16(14-9-7-6-8-10-14)17(20)12-15-11-13(3)18-19(15)5-2/h6-11,16-17,20H,4-5,12H2,1-3H3. The summed E-state index contributed by atoms with van der Waals surface area (Å²) >= 11 is 0. The van der Waals surface area contributed by atoms with Crippen LogP contribution in [-0.4, -0.2) is 21.0 Å². The third-order valence-electron chi connectivity index (χ3n) is 3.84. The first kappa shape index (κ1) is 14.8. The summed E-state index contributed by atoms with van der Waals surface area (Å²) in [6.45, 7) is 7.05. The van der Waals surface area contributed by atoms with Crippen LogP contribution >= 0.6 is 0 Å². The topological polar surface area (TPSA) is 38.1 Å². The van der Waals surface area contributed by atoms with E-state index in [2.05, 4.69) is 37.1 Å². The molecule has 1 aromatic heterocycles. The lowest BCUT2D eigenvalue weighted by atomic mass is 9.88. The molecule has 1 N–H and O–H groups in total. The third-order valence-corrected chi connectivity index (χ3v) is 3.84. The van der Waals surface area contributed by atoms with Crippen LogP contribution in [0, 0.1) is 6.92 Å². The van der Waals surface area contributed by atoms with E-state index in [0.29, 0.717) is 6.42 Å². The Morgan fingerprint density at radius 3 is 2.50 bits per heavy atom. The first-order chi connectivity index (χ1) is 9.65. The summed E-state index contributed by atoms with van der Waals surface area (Å²) in [5, 5.41) is 15.0.